The van der Waals surface area contributed by atoms with E-state index in [9.17, 15) is 26.4 Å². The summed E-state index contributed by atoms with van der Waals surface area (Å²) >= 11 is 12.3. The Balaban J connectivity index is 1.27. The predicted molar refractivity (Wildman–Crippen MR) is 160 cm³/mol. The minimum Gasteiger partial charge on any atom is -0.456 e. The number of rotatable bonds is 7. The predicted octanol–water partition coefficient (Wildman–Crippen LogP) is 7.57. The molecule has 1 N–H and O–H groups in total. The molecule has 0 bridgehead atoms. The van der Waals surface area contributed by atoms with Crippen molar-refractivity contribution in [2.75, 3.05) is 35.8 Å². The van der Waals surface area contributed by atoms with Crippen LogP contribution in [0.3, 0.4) is 0 Å². The van der Waals surface area contributed by atoms with Gasteiger partial charge in [-0.25, -0.2) is 8.42 Å². The van der Waals surface area contributed by atoms with Crippen LogP contribution in [0.15, 0.2) is 95.9 Å². The number of ether oxygens (including phenoxy) is 1. The average molecular weight is 651 g/mol. The Kier molecular flexibility index (Phi) is 8.77. The third-order valence-electron chi connectivity index (χ3n) is 6.78. The van der Waals surface area contributed by atoms with Crippen molar-refractivity contribution < 1.29 is 31.1 Å². The number of carbonyl (C=O) groups is 1. The van der Waals surface area contributed by atoms with Crippen LogP contribution in [0.2, 0.25) is 10.0 Å². The van der Waals surface area contributed by atoms with Crippen molar-refractivity contribution in [1.29, 1.82) is 0 Å². The standard InChI is InChI=1S/C30H24Cl2F3N3O4S/c31-21-7-14-27(36-43(40,41)24-12-10-23(11-13-24)42-28-4-2-1-3-26(28)32)25(19-21)29(39)38-17-15-37(16-18-38)22-8-5-20(6-9-22)30(33,34)35/h1-14,19,36H,15-18H2. The Morgan fingerprint density at radius 1 is 0.837 bits per heavy atom. The van der Waals surface area contributed by atoms with E-state index < -0.39 is 27.7 Å². The summed E-state index contributed by atoms with van der Waals surface area (Å²) in [7, 11) is -4.10. The lowest BCUT2D eigenvalue weighted by Crippen LogP contribution is -2.49. The third kappa shape index (κ3) is 7.18. The van der Waals surface area contributed by atoms with Gasteiger partial charge in [0.25, 0.3) is 15.9 Å². The van der Waals surface area contributed by atoms with Gasteiger partial charge in [-0.2, -0.15) is 13.2 Å². The monoisotopic (exact) mass is 649 g/mol. The van der Waals surface area contributed by atoms with Crippen molar-refractivity contribution in [3.8, 4) is 11.5 Å². The Hall–Kier alpha value is -3.93. The lowest BCUT2D eigenvalue weighted by atomic mass is 10.1. The summed E-state index contributed by atoms with van der Waals surface area (Å²) in [5.74, 6) is 0.364. The molecular weight excluding hydrogens is 626 g/mol. The molecule has 1 aliphatic heterocycles. The molecule has 5 rings (SSSR count). The van der Waals surface area contributed by atoms with Gasteiger partial charge < -0.3 is 14.5 Å². The molecule has 4 aromatic rings. The van der Waals surface area contributed by atoms with Gasteiger partial charge in [0.2, 0.25) is 0 Å². The van der Waals surface area contributed by atoms with Crippen molar-refractivity contribution in [3.63, 3.8) is 0 Å². The zero-order valence-corrected chi connectivity index (χ0v) is 24.6. The number of nitrogens with zero attached hydrogens (tertiary/aromatic N) is 2. The highest BCUT2D eigenvalue weighted by Crippen LogP contribution is 2.32. The van der Waals surface area contributed by atoms with Crippen LogP contribution in [0.4, 0.5) is 24.5 Å². The number of para-hydroxylation sites is 1. The van der Waals surface area contributed by atoms with Crippen LogP contribution in [0.1, 0.15) is 15.9 Å². The topological polar surface area (TPSA) is 78.9 Å². The van der Waals surface area contributed by atoms with Crippen LogP contribution in [0, 0.1) is 0 Å². The first kappa shape index (κ1) is 30.5. The Morgan fingerprint density at radius 2 is 1.49 bits per heavy atom. The highest BCUT2D eigenvalue weighted by Gasteiger charge is 2.31. The fraction of sp³-hybridized carbons (Fsp3) is 0.167. The van der Waals surface area contributed by atoms with Crippen LogP contribution in [-0.4, -0.2) is 45.4 Å². The summed E-state index contributed by atoms with van der Waals surface area (Å²) in [6.07, 6.45) is -4.42. The van der Waals surface area contributed by atoms with Crippen LogP contribution in [0.5, 0.6) is 11.5 Å². The molecule has 0 radical (unpaired) electrons. The number of alkyl halides is 3. The van der Waals surface area contributed by atoms with Crippen molar-refractivity contribution >= 4 is 50.5 Å². The molecule has 224 valence electrons. The van der Waals surface area contributed by atoms with Gasteiger partial charge in [0.1, 0.15) is 11.5 Å². The second-order valence-corrected chi connectivity index (χ2v) is 12.1. The van der Waals surface area contributed by atoms with Gasteiger partial charge in [-0.3, -0.25) is 9.52 Å². The summed E-state index contributed by atoms with van der Waals surface area (Å²) in [6.45, 7) is 1.29. The smallest absolute Gasteiger partial charge is 0.416 e. The van der Waals surface area contributed by atoms with Crippen molar-refractivity contribution in [2.24, 2.45) is 0 Å². The molecule has 1 aliphatic rings. The van der Waals surface area contributed by atoms with Gasteiger partial charge in [0, 0.05) is 36.9 Å². The number of nitrogens with one attached hydrogen (secondary N) is 1. The van der Waals surface area contributed by atoms with Gasteiger partial charge in [-0.05, 0) is 78.9 Å². The zero-order valence-electron chi connectivity index (χ0n) is 22.3. The van der Waals surface area contributed by atoms with Crippen LogP contribution < -0.4 is 14.4 Å². The first-order chi connectivity index (χ1) is 20.4. The molecule has 1 amide bonds. The molecular formula is C30H24Cl2F3N3O4S. The van der Waals surface area contributed by atoms with Gasteiger partial charge in [-0.1, -0.05) is 35.3 Å². The average Bonchev–Trinajstić information content (AvgIpc) is 2.99. The maximum atomic E-state index is 13.5. The number of piperazine rings is 1. The second-order valence-electron chi connectivity index (χ2n) is 9.62. The van der Waals surface area contributed by atoms with E-state index in [2.05, 4.69) is 4.72 Å². The molecule has 0 aromatic heterocycles. The van der Waals surface area contributed by atoms with E-state index in [1.54, 1.807) is 29.2 Å². The van der Waals surface area contributed by atoms with Crippen LogP contribution in [-0.2, 0) is 16.2 Å². The van der Waals surface area contributed by atoms with Gasteiger partial charge >= 0.3 is 6.18 Å². The van der Waals surface area contributed by atoms with Crippen molar-refractivity contribution in [3.05, 3.63) is 112 Å². The number of amides is 1. The molecule has 43 heavy (non-hydrogen) atoms. The highest BCUT2D eigenvalue weighted by molar-refractivity contribution is 7.92. The molecule has 0 spiro atoms. The maximum Gasteiger partial charge on any atom is 0.416 e. The minimum atomic E-state index is -4.42. The number of hydrogen-bond donors (Lipinski definition) is 1. The molecule has 0 saturated carbocycles. The summed E-state index contributed by atoms with van der Waals surface area (Å²) in [5, 5.41) is 0.651. The minimum absolute atomic E-state index is 0.0518. The lowest BCUT2D eigenvalue weighted by molar-refractivity contribution is -0.137. The third-order valence-corrected chi connectivity index (χ3v) is 8.71. The molecule has 1 fully saturated rings. The number of sulfonamides is 1. The molecule has 1 heterocycles. The summed E-state index contributed by atoms with van der Waals surface area (Å²) in [6, 6.07) is 21.7. The SMILES string of the molecule is O=C(c1cc(Cl)ccc1NS(=O)(=O)c1ccc(Oc2ccccc2Cl)cc1)N1CCN(c2ccc(C(F)(F)F)cc2)CC1. The lowest BCUT2D eigenvalue weighted by Gasteiger charge is -2.36. The quantitative estimate of drug-likeness (QED) is 0.223. The fourth-order valence-electron chi connectivity index (χ4n) is 4.53. The summed E-state index contributed by atoms with van der Waals surface area (Å²) < 4.78 is 73.4. The Labute approximate surface area is 256 Å². The number of benzene rings is 4. The van der Waals surface area contributed by atoms with Crippen molar-refractivity contribution in [2.45, 2.75) is 11.1 Å². The zero-order chi connectivity index (χ0) is 30.8. The molecule has 1 saturated heterocycles. The van der Waals surface area contributed by atoms with Crippen LogP contribution in [0.25, 0.3) is 0 Å². The largest absolute Gasteiger partial charge is 0.456 e. The van der Waals surface area contributed by atoms with Gasteiger partial charge in [0.15, 0.2) is 0 Å². The molecule has 0 aliphatic carbocycles. The van der Waals surface area contributed by atoms with E-state index in [1.165, 1.54) is 54.6 Å². The molecule has 0 atom stereocenters. The summed E-state index contributed by atoms with van der Waals surface area (Å²) in [4.78, 5) is 16.9. The number of carbonyl (C=O) groups excluding carboxylic acids is 1. The highest BCUT2D eigenvalue weighted by atomic mass is 35.5. The first-order valence-electron chi connectivity index (χ1n) is 13.0. The number of hydrogen-bond acceptors (Lipinski definition) is 5. The number of halogens is 5. The van der Waals surface area contributed by atoms with E-state index in [4.69, 9.17) is 27.9 Å². The molecule has 4 aromatic carbocycles. The Bertz CT molecular complexity index is 1730. The maximum absolute atomic E-state index is 13.5. The van der Waals surface area contributed by atoms with Crippen molar-refractivity contribution in [1.82, 2.24) is 4.90 Å². The number of anilines is 2. The molecule has 13 heteroatoms. The van der Waals surface area contributed by atoms with E-state index in [1.807, 2.05) is 4.90 Å². The Morgan fingerprint density at radius 3 is 2.12 bits per heavy atom. The first-order valence-corrected chi connectivity index (χ1v) is 15.2. The normalized spacial score (nSPS) is 14.0. The molecule has 7 nitrogen and oxygen atoms in total. The van der Waals surface area contributed by atoms with E-state index >= 15 is 0 Å². The summed E-state index contributed by atoms with van der Waals surface area (Å²) in [5.41, 5.74) is -0.00402. The molecule has 0 unspecified atom stereocenters. The van der Waals surface area contributed by atoms with E-state index in [0.717, 1.165) is 12.1 Å². The fourth-order valence-corrected chi connectivity index (χ4v) is 5.95. The van der Waals surface area contributed by atoms with Gasteiger partial charge in [0.05, 0.1) is 26.7 Å². The van der Waals surface area contributed by atoms with E-state index in [0.29, 0.717) is 35.3 Å². The van der Waals surface area contributed by atoms with Crippen LogP contribution >= 0.6 is 23.2 Å². The van der Waals surface area contributed by atoms with Gasteiger partial charge in [-0.15, -0.1) is 0 Å². The van der Waals surface area contributed by atoms with E-state index in [-0.39, 0.29) is 34.3 Å². The second kappa shape index (κ2) is 12.4.